The van der Waals surface area contributed by atoms with Crippen molar-refractivity contribution in [3.63, 3.8) is 0 Å². The van der Waals surface area contributed by atoms with E-state index < -0.39 is 19.4 Å². The van der Waals surface area contributed by atoms with Crippen molar-refractivity contribution in [2.75, 3.05) is 13.2 Å². The Balaban J connectivity index is 3.13. The molecule has 0 bridgehead atoms. The normalized spacial score (nSPS) is 15.3. The molecule has 0 radical (unpaired) electrons. The van der Waals surface area contributed by atoms with Crippen LogP contribution in [0.25, 0.3) is 0 Å². The summed E-state index contributed by atoms with van der Waals surface area (Å²) in [4.78, 5) is 0. The van der Waals surface area contributed by atoms with Crippen molar-refractivity contribution >= 4 is 7.60 Å². The van der Waals surface area contributed by atoms with Gasteiger partial charge < -0.3 is 14.2 Å². The van der Waals surface area contributed by atoms with Crippen LogP contribution < -0.4 is 0 Å². The highest BCUT2D eigenvalue weighted by atomic mass is 31.2. The molecule has 0 heterocycles. The zero-order valence-corrected chi connectivity index (χ0v) is 12.0. The molecule has 0 aliphatic rings. The van der Waals surface area contributed by atoms with Crippen molar-refractivity contribution in [2.24, 2.45) is 0 Å². The van der Waals surface area contributed by atoms with E-state index in [2.05, 4.69) is 0 Å². The van der Waals surface area contributed by atoms with Crippen LogP contribution in [0.5, 0.6) is 0 Å². The Kier molecular flexibility index (Phi) is 6.03. The van der Waals surface area contributed by atoms with E-state index in [-0.39, 0.29) is 13.2 Å². The highest BCUT2D eigenvalue weighted by molar-refractivity contribution is 7.54. The van der Waals surface area contributed by atoms with E-state index in [0.717, 1.165) is 5.56 Å². The number of benzene rings is 1. The lowest BCUT2D eigenvalue weighted by atomic mass is 10.1. The van der Waals surface area contributed by atoms with Gasteiger partial charge in [0.2, 0.25) is 0 Å². The first-order chi connectivity index (χ1) is 8.55. The first kappa shape index (κ1) is 15.4. The summed E-state index contributed by atoms with van der Waals surface area (Å²) in [5.74, 6) is 0. The molecule has 0 amide bonds. The van der Waals surface area contributed by atoms with Gasteiger partial charge in [0.25, 0.3) is 0 Å². The summed E-state index contributed by atoms with van der Waals surface area (Å²) < 4.78 is 23.4. The molecule has 0 aromatic heterocycles. The number of hydrogen-bond acceptors (Lipinski definition) is 4. The van der Waals surface area contributed by atoms with Gasteiger partial charge in [-0.1, -0.05) is 30.3 Å². The van der Waals surface area contributed by atoms with Gasteiger partial charge in [0, 0.05) is 0 Å². The van der Waals surface area contributed by atoms with Crippen LogP contribution in [0.4, 0.5) is 0 Å². The Morgan fingerprint density at radius 3 is 2.06 bits per heavy atom. The standard InChI is InChI=1S/C13H21O4P/c1-4-16-18(15,17-5-2)13(11(3)14)12-9-7-6-8-10-12/h6-11,13-14H,4-5H2,1-3H3. The monoisotopic (exact) mass is 272 g/mol. The molecule has 1 N–H and O–H groups in total. The van der Waals surface area contributed by atoms with E-state index in [9.17, 15) is 9.67 Å². The van der Waals surface area contributed by atoms with Gasteiger partial charge in [-0.2, -0.15) is 0 Å². The Morgan fingerprint density at radius 2 is 1.67 bits per heavy atom. The van der Waals surface area contributed by atoms with Gasteiger partial charge in [-0.3, -0.25) is 4.57 Å². The SMILES string of the molecule is CCOP(=O)(OCC)C(c1ccccc1)C(C)O. The summed E-state index contributed by atoms with van der Waals surface area (Å²) in [6, 6.07) is 9.19. The van der Waals surface area contributed by atoms with Crippen molar-refractivity contribution < 1.29 is 18.7 Å². The predicted molar refractivity (Wildman–Crippen MR) is 71.7 cm³/mol. The Labute approximate surface area is 108 Å². The van der Waals surface area contributed by atoms with Crippen LogP contribution >= 0.6 is 7.60 Å². The van der Waals surface area contributed by atoms with Gasteiger partial charge in [-0.25, -0.2) is 0 Å². The highest BCUT2D eigenvalue weighted by Crippen LogP contribution is 2.62. The van der Waals surface area contributed by atoms with Gasteiger partial charge >= 0.3 is 7.60 Å². The fourth-order valence-corrected chi connectivity index (χ4v) is 4.11. The zero-order valence-electron chi connectivity index (χ0n) is 11.1. The summed E-state index contributed by atoms with van der Waals surface area (Å²) in [6.07, 6.45) is -0.809. The van der Waals surface area contributed by atoms with Crippen LogP contribution in [-0.4, -0.2) is 24.4 Å². The number of hydrogen-bond donors (Lipinski definition) is 1. The summed E-state index contributed by atoms with van der Waals surface area (Å²) in [7, 11) is -3.36. The second-order valence-electron chi connectivity index (χ2n) is 3.97. The molecule has 0 spiro atoms. The third-order valence-electron chi connectivity index (χ3n) is 2.56. The molecular weight excluding hydrogens is 251 g/mol. The molecule has 0 aliphatic heterocycles. The minimum absolute atomic E-state index is 0.285. The third kappa shape index (κ3) is 3.66. The van der Waals surface area contributed by atoms with E-state index in [0.29, 0.717) is 0 Å². The zero-order chi connectivity index (χ0) is 13.6. The van der Waals surface area contributed by atoms with E-state index in [1.807, 2.05) is 30.3 Å². The molecule has 1 aromatic rings. The summed E-state index contributed by atoms with van der Waals surface area (Å²) in [6.45, 7) is 5.69. The Hall–Kier alpha value is -0.670. The average Bonchev–Trinajstić information content (AvgIpc) is 2.30. The van der Waals surface area contributed by atoms with Crippen LogP contribution in [0.2, 0.25) is 0 Å². The highest BCUT2D eigenvalue weighted by Gasteiger charge is 2.39. The van der Waals surface area contributed by atoms with Gasteiger partial charge in [-0.05, 0) is 26.3 Å². The maximum absolute atomic E-state index is 12.8. The molecule has 0 aliphatic carbocycles. The first-order valence-corrected chi connectivity index (χ1v) is 7.78. The Bertz CT molecular complexity index is 381. The number of aliphatic hydroxyl groups excluding tert-OH is 1. The smallest absolute Gasteiger partial charge is 0.340 e. The van der Waals surface area contributed by atoms with Crippen molar-refractivity contribution in [1.82, 2.24) is 0 Å². The van der Waals surface area contributed by atoms with Gasteiger partial charge in [0.1, 0.15) is 5.66 Å². The van der Waals surface area contributed by atoms with Crippen LogP contribution in [0.1, 0.15) is 32.0 Å². The molecule has 18 heavy (non-hydrogen) atoms. The Morgan fingerprint density at radius 1 is 1.17 bits per heavy atom. The minimum atomic E-state index is -3.36. The topological polar surface area (TPSA) is 55.8 Å². The van der Waals surface area contributed by atoms with Gasteiger partial charge in [0.05, 0.1) is 19.3 Å². The lowest BCUT2D eigenvalue weighted by molar-refractivity contribution is 0.151. The maximum atomic E-state index is 12.8. The minimum Gasteiger partial charge on any atom is -0.392 e. The van der Waals surface area contributed by atoms with Crippen LogP contribution in [-0.2, 0) is 13.6 Å². The van der Waals surface area contributed by atoms with E-state index in [1.54, 1.807) is 20.8 Å². The molecule has 4 nitrogen and oxygen atoms in total. The van der Waals surface area contributed by atoms with Crippen molar-refractivity contribution in [2.45, 2.75) is 32.5 Å². The molecule has 1 rings (SSSR count). The summed E-state index contributed by atoms with van der Waals surface area (Å²) in [5.41, 5.74) is 0.108. The second kappa shape index (κ2) is 7.05. The quantitative estimate of drug-likeness (QED) is 0.773. The van der Waals surface area contributed by atoms with Crippen LogP contribution in [0, 0.1) is 0 Å². The predicted octanol–water partition coefficient (Wildman–Crippen LogP) is 3.37. The lowest BCUT2D eigenvalue weighted by Crippen LogP contribution is -2.18. The fraction of sp³-hybridized carbons (Fsp3) is 0.538. The number of aliphatic hydroxyl groups is 1. The molecule has 102 valence electrons. The number of rotatable bonds is 7. The van der Waals surface area contributed by atoms with Crippen molar-refractivity contribution in [3.05, 3.63) is 35.9 Å². The third-order valence-corrected chi connectivity index (χ3v) is 5.20. The van der Waals surface area contributed by atoms with E-state index in [1.165, 1.54) is 0 Å². The van der Waals surface area contributed by atoms with E-state index >= 15 is 0 Å². The molecular formula is C13H21O4P. The van der Waals surface area contributed by atoms with Gasteiger partial charge in [0.15, 0.2) is 0 Å². The second-order valence-corrected chi connectivity index (χ2v) is 6.12. The molecule has 0 saturated heterocycles. The van der Waals surface area contributed by atoms with Gasteiger partial charge in [-0.15, -0.1) is 0 Å². The van der Waals surface area contributed by atoms with Crippen molar-refractivity contribution in [1.29, 1.82) is 0 Å². The largest absolute Gasteiger partial charge is 0.392 e. The van der Waals surface area contributed by atoms with Crippen LogP contribution in [0.15, 0.2) is 30.3 Å². The first-order valence-electron chi connectivity index (χ1n) is 6.17. The summed E-state index contributed by atoms with van der Waals surface area (Å²) in [5, 5.41) is 9.92. The molecule has 1 aromatic carbocycles. The molecule has 0 fully saturated rings. The molecule has 2 atom stereocenters. The fourth-order valence-electron chi connectivity index (χ4n) is 1.93. The molecule has 0 saturated carbocycles. The molecule has 5 heteroatoms. The average molecular weight is 272 g/mol. The summed E-state index contributed by atoms with van der Waals surface area (Å²) >= 11 is 0. The van der Waals surface area contributed by atoms with Crippen LogP contribution in [0.3, 0.4) is 0 Å². The maximum Gasteiger partial charge on any atom is 0.340 e. The molecule has 2 unspecified atom stereocenters. The van der Waals surface area contributed by atoms with Crippen molar-refractivity contribution in [3.8, 4) is 0 Å². The van der Waals surface area contributed by atoms with E-state index in [4.69, 9.17) is 9.05 Å². The lowest BCUT2D eigenvalue weighted by Gasteiger charge is -2.28.